The number of aliphatic carboxylic acids is 1. The van der Waals surface area contributed by atoms with Crippen LogP contribution in [-0.4, -0.2) is 112 Å². The lowest BCUT2D eigenvalue weighted by atomic mass is 9.79. The summed E-state index contributed by atoms with van der Waals surface area (Å²) in [4.78, 5) is 24.8. The summed E-state index contributed by atoms with van der Waals surface area (Å²) >= 11 is 0. The number of likely N-dealkylation sites (N-methyl/N-ethyl adjacent to an activating group) is 2. The number of aliphatic hydroxyl groups is 3. The second-order valence-corrected chi connectivity index (χ2v) is 8.05. The van der Waals surface area contributed by atoms with E-state index in [1.54, 1.807) is 25.9 Å². The smallest absolute Gasteiger partial charge is 0.303 e. The molecule has 3 fully saturated rings. The van der Waals surface area contributed by atoms with Gasteiger partial charge in [-0.1, -0.05) is 0 Å². The Hall–Kier alpha value is -1.18. The number of Topliss-reactive ketones (excluding diaryl/α,β-unsaturated/α-hetero) is 1. The minimum Gasteiger partial charge on any atom is -0.481 e. The molecule has 0 amide bonds. The van der Waals surface area contributed by atoms with E-state index in [9.17, 15) is 24.9 Å². The molecule has 2 heterocycles. The number of carbonyl (C=O) groups excluding carboxylic acids is 1. The van der Waals surface area contributed by atoms with E-state index in [-0.39, 0.29) is 12.8 Å². The molecule has 0 spiro atoms. The van der Waals surface area contributed by atoms with Gasteiger partial charge in [0.15, 0.2) is 5.78 Å². The first-order valence-electron chi connectivity index (χ1n) is 9.80. The Kier molecular flexibility index (Phi) is 6.61. The van der Waals surface area contributed by atoms with Crippen molar-refractivity contribution < 1.29 is 44.2 Å². The Morgan fingerprint density at radius 2 is 1.97 bits per heavy atom. The molecule has 11 heteroatoms. The molecule has 3 rings (SSSR count). The van der Waals surface area contributed by atoms with Gasteiger partial charge in [0, 0.05) is 12.8 Å². The molecule has 166 valence electrons. The molecule has 0 aromatic carbocycles. The van der Waals surface area contributed by atoms with Crippen LogP contribution in [0.5, 0.6) is 0 Å². The number of nitrogens with zero attached hydrogens (tertiary/aromatic N) is 1. The molecular weight excluding hydrogens is 388 g/mol. The van der Waals surface area contributed by atoms with Crippen molar-refractivity contribution in [3.8, 4) is 0 Å². The quantitative estimate of drug-likeness (QED) is 0.314. The summed E-state index contributed by atoms with van der Waals surface area (Å²) in [5, 5.41) is 44.4. The van der Waals surface area contributed by atoms with Crippen LogP contribution >= 0.6 is 0 Å². The van der Waals surface area contributed by atoms with Gasteiger partial charge in [-0.3, -0.25) is 14.5 Å². The molecule has 1 aliphatic carbocycles. The van der Waals surface area contributed by atoms with Crippen molar-refractivity contribution in [1.29, 1.82) is 0 Å². The number of aliphatic hydroxyl groups excluding tert-OH is 2. The first-order chi connectivity index (χ1) is 13.6. The summed E-state index contributed by atoms with van der Waals surface area (Å²) < 4.78 is 17.1. The topological polar surface area (TPSA) is 158 Å². The standard InChI is InChI=1S/C18H30N2O9/c1-8-7-9(21)18(26)17(27-8)28-16-14(25)12(20(3)6-4-5-10(22)23)13(24)11(19-2)15(16)29-18/h8,11-17,19,24-26H,4-7H2,1-3H3,(H,22,23)/t8-,11+,12-,13-,14+,15-,16-,17+,18+/m1/s1. The molecule has 0 radical (unpaired) electrons. The molecule has 3 aliphatic rings. The number of ketones is 1. The highest BCUT2D eigenvalue weighted by Crippen LogP contribution is 2.41. The Morgan fingerprint density at radius 1 is 1.28 bits per heavy atom. The lowest BCUT2D eigenvalue weighted by molar-refractivity contribution is -0.421. The third kappa shape index (κ3) is 4.06. The van der Waals surface area contributed by atoms with Gasteiger partial charge in [-0.25, -0.2) is 0 Å². The summed E-state index contributed by atoms with van der Waals surface area (Å²) in [7, 11) is 3.26. The number of ether oxygens (including phenoxy) is 3. The largest absolute Gasteiger partial charge is 0.481 e. The Labute approximate surface area is 168 Å². The highest BCUT2D eigenvalue weighted by molar-refractivity contribution is 5.87. The molecule has 0 unspecified atom stereocenters. The number of nitrogens with one attached hydrogen (secondary N) is 1. The molecular formula is C18H30N2O9. The molecule has 0 aromatic rings. The van der Waals surface area contributed by atoms with Gasteiger partial charge < -0.3 is 40.0 Å². The highest BCUT2D eigenvalue weighted by atomic mass is 16.8. The fourth-order valence-electron chi connectivity index (χ4n) is 4.47. The minimum atomic E-state index is -2.30. The van der Waals surface area contributed by atoms with Crippen molar-refractivity contribution in [2.75, 3.05) is 20.6 Å². The van der Waals surface area contributed by atoms with Gasteiger partial charge in [0.1, 0.15) is 18.3 Å². The van der Waals surface area contributed by atoms with Gasteiger partial charge >= 0.3 is 5.97 Å². The SMILES string of the molecule is CN[C@H]1[C@@H](O)[C@@H](N(C)CCCC(=O)O)[C@H](O)[C@H]2O[C@@H]3O[C@H](C)CC(=O)[C@]3(O)O[C@H]12. The van der Waals surface area contributed by atoms with E-state index in [1.165, 1.54) is 0 Å². The van der Waals surface area contributed by atoms with Crippen LogP contribution in [0.25, 0.3) is 0 Å². The lowest BCUT2D eigenvalue weighted by Gasteiger charge is -2.56. The normalized spacial score (nSPS) is 45.0. The van der Waals surface area contributed by atoms with Gasteiger partial charge in [-0.15, -0.1) is 0 Å². The number of rotatable bonds is 6. The number of hydrogen-bond donors (Lipinski definition) is 5. The van der Waals surface area contributed by atoms with E-state index in [1.807, 2.05) is 0 Å². The predicted molar refractivity (Wildman–Crippen MR) is 96.8 cm³/mol. The maximum absolute atomic E-state index is 12.4. The third-order valence-corrected chi connectivity index (χ3v) is 5.97. The maximum atomic E-state index is 12.4. The Morgan fingerprint density at radius 3 is 2.59 bits per heavy atom. The van der Waals surface area contributed by atoms with Gasteiger partial charge in [0.05, 0.1) is 24.3 Å². The van der Waals surface area contributed by atoms with E-state index < -0.39 is 66.4 Å². The molecule has 2 saturated heterocycles. The molecule has 9 atom stereocenters. The summed E-state index contributed by atoms with van der Waals surface area (Å²) in [6.45, 7) is 2.00. The Balaban J connectivity index is 1.82. The number of carboxylic acids is 1. The van der Waals surface area contributed by atoms with E-state index in [4.69, 9.17) is 19.3 Å². The summed E-state index contributed by atoms with van der Waals surface area (Å²) in [5.74, 6) is -3.80. The number of hydrogen-bond acceptors (Lipinski definition) is 10. The highest BCUT2D eigenvalue weighted by Gasteiger charge is 2.64. The number of carbonyl (C=O) groups is 2. The van der Waals surface area contributed by atoms with Crippen LogP contribution in [0.15, 0.2) is 0 Å². The molecule has 0 aromatic heterocycles. The lowest BCUT2D eigenvalue weighted by Crippen LogP contribution is -2.77. The second-order valence-electron chi connectivity index (χ2n) is 8.05. The van der Waals surface area contributed by atoms with E-state index >= 15 is 0 Å². The maximum Gasteiger partial charge on any atom is 0.303 e. The summed E-state index contributed by atoms with van der Waals surface area (Å²) in [6, 6.07) is -1.54. The average molecular weight is 418 g/mol. The van der Waals surface area contributed by atoms with Crippen LogP contribution in [0, 0.1) is 0 Å². The number of fused-ring (bicyclic) bond motifs is 2. The van der Waals surface area contributed by atoms with Crippen molar-refractivity contribution in [3.63, 3.8) is 0 Å². The molecule has 0 bridgehead atoms. The van der Waals surface area contributed by atoms with E-state index in [0.717, 1.165) is 0 Å². The van der Waals surface area contributed by atoms with Crippen LogP contribution in [0.2, 0.25) is 0 Å². The fraction of sp³-hybridized carbons (Fsp3) is 0.889. The molecule has 29 heavy (non-hydrogen) atoms. The second kappa shape index (κ2) is 8.52. The zero-order valence-electron chi connectivity index (χ0n) is 16.7. The molecule has 11 nitrogen and oxygen atoms in total. The van der Waals surface area contributed by atoms with Crippen molar-refractivity contribution in [2.45, 2.75) is 80.9 Å². The third-order valence-electron chi connectivity index (χ3n) is 5.97. The van der Waals surface area contributed by atoms with Crippen LogP contribution < -0.4 is 5.32 Å². The van der Waals surface area contributed by atoms with Crippen LogP contribution in [0.4, 0.5) is 0 Å². The average Bonchev–Trinajstić information content (AvgIpc) is 2.62. The van der Waals surface area contributed by atoms with Gasteiger partial charge in [0.25, 0.3) is 5.79 Å². The van der Waals surface area contributed by atoms with E-state index in [2.05, 4.69) is 5.32 Å². The van der Waals surface area contributed by atoms with Crippen molar-refractivity contribution in [3.05, 3.63) is 0 Å². The van der Waals surface area contributed by atoms with Crippen molar-refractivity contribution >= 4 is 11.8 Å². The number of carboxylic acid groups (broad SMARTS) is 1. The van der Waals surface area contributed by atoms with Crippen LogP contribution in [-0.2, 0) is 23.8 Å². The van der Waals surface area contributed by atoms with Crippen molar-refractivity contribution in [2.24, 2.45) is 0 Å². The van der Waals surface area contributed by atoms with E-state index in [0.29, 0.717) is 13.0 Å². The van der Waals surface area contributed by atoms with Crippen molar-refractivity contribution in [1.82, 2.24) is 10.2 Å². The summed E-state index contributed by atoms with van der Waals surface area (Å²) in [5.41, 5.74) is 0. The minimum absolute atomic E-state index is 0.0344. The zero-order chi connectivity index (χ0) is 21.5. The molecule has 1 saturated carbocycles. The fourth-order valence-corrected chi connectivity index (χ4v) is 4.47. The first-order valence-corrected chi connectivity index (χ1v) is 9.80. The van der Waals surface area contributed by atoms with Gasteiger partial charge in [0.2, 0.25) is 6.29 Å². The molecule has 5 N–H and O–H groups in total. The van der Waals surface area contributed by atoms with Crippen LogP contribution in [0.3, 0.4) is 0 Å². The van der Waals surface area contributed by atoms with Gasteiger partial charge in [-0.2, -0.15) is 0 Å². The zero-order valence-corrected chi connectivity index (χ0v) is 16.7. The summed E-state index contributed by atoms with van der Waals surface area (Å²) in [6.07, 6.45) is -5.94. The monoisotopic (exact) mass is 418 g/mol. The predicted octanol–water partition coefficient (Wildman–Crippen LogP) is -2.35. The van der Waals surface area contributed by atoms with Crippen LogP contribution in [0.1, 0.15) is 26.2 Å². The van der Waals surface area contributed by atoms with Gasteiger partial charge in [-0.05, 0) is 34.0 Å². The first kappa shape index (κ1) is 22.5. The molecule has 2 aliphatic heterocycles. The Bertz CT molecular complexity index is 634.